The van der Waals surface area contributed by atoms with Crippen molar-refractivity contribution in [3.8, 4) is 0 Å². The van der Waals surface area contributed by atoms with Crippen LogP contribution in [-0.2, 0) is 16.4 Å². The first-order chi connectivity index (χ1) is 9.94. The summed E-state index contributed by atoms with van der Waals surface area (Å²) in [5, 5.41) is 3.03. The summed E-state index contributed by atoms with van der Waals surface area (Å²) < 4.78 is 23.4. The molecular formula is C16H18ClNO2S. The van der Waals surface area contributed by atoms with Gasteiger partial charge in [-0.3, -0.25) is 4.90 Å². The maximum Gasteiger partial charge on any atom is 0.153 e. The van der Waals surface area contributed by atoms with Gasteiger partial charge in [-0.25, -0.2) is 8.42 Å². The monoisotopic (exact) mass is 323 g/mol. The first-order valence-electron chi connectivity index (χ1n) is 7.06. The molecule has 5 heteroatoms. The molecule has 1 fully saturated rings. The maximum absolute atomic E-state index is 11.7. The lowest BCUT2D eigenvalue weighted by Gasteiger charge is -2.33. The van der Waals surface area contributed by atoms with E-state index in [2.05, 4.69) is 17.0 Å². The smallest absolute Gasteiger partial charge is 0.153 e. The summed E-state index contributed by atoms with van der Waals surface area (Å²) in [6.45, 7) is 3.30. The number of hydrogen-bond acceptors (Lipinski definition) is 3. The van der Waals surface area contributed by atoms with Crippen LogP contribution in [0.1, 0.15) is 12.5 Å². The Bertz CT molecular complexity index is 773. The van der Waals surface area contributed by atoms with Gasteiger partial charge in [0.05, 0.1) is 11.5 Å². The van der Waals surface area contributed by atoms with Gasteiger partial charge in [0.15, 0.2) is 9.84 Å². The number of rotatable bonds is 2. The number of halogens is 1. The molecule has 2 aromatic rings. The summed E-state index contributed by atoms with van der Waals surface area (Å²) in [5.74, 6) is 0.487. The van der Waals surface area contributed by atoms with E-state index in [1.54, 1.807) is 0 Å². The van der Waals surface area contributed by atoms with Crippen LogP contribution in [0.2, 0.25) is 5.02 Å². The van der Waals surface area contributed by atoms with Crippen molar-refractivity contribution in [2.24, 2.45) is 0 Å². The summed E-state index contributed by atoms with van der Waals surface area (Å²) in [4.78, 5) is 2.22. The van der Waals surface area contributed by atoms with E-state index in [4.69, 9.17) is 11.6 Å². The highest BCUT2D eigenvalue weighted by Crippen LogP contribution is 2.26. The molecule has 1 saturated heterocycles. The van der Waals surface area contributed by atoms with Gasteiger partial charge < -0.3 is 0 Å². The first-order valence-corrected chi connectivity index (χ1v) is 9.26. The van der Waals surface area contributed by atoms with E-state index >= 15 is 0 Å². The Kier molecular flexibility index (Phi) is 3.95. The summed E-state index contributed by atoms with van der Waals surface area (Å²) in [6.07, 6.45) is 0. The van der Waals surface area contributed by atoms with Crippen molar-refractivity contribution >= 4 is 32.2 Å². The Balaban J connectivity index is 1.92. The Hall–Kier alpha value is -1.10. The second-order valence-corrected chi connectivity index (χ2v) is 8.39. The topological polar surface area (TPSA) is 37.4 Å². The van der Waals surface area contributed by atoms with Crippen LogP contribution >= 0.6 is 11.6 Å². The molecule has 2 aromatic carbocycles. The molecule has 3 rings (SSSR count). The van der Waals surface area contributed by atoms with Gasteiger partial charge in [0.2, 0.25) is 0 Å². The van der Waals surface area contributed by atoms with Crippen molar-refractivity contribution in [1.29, 1.82) is 0 Å². The zero-order chi connectivity index (χ0) is 15.0. The van der Waals surface area contributed by atoms with Crippen molar-refractivity contribution in [3.63, 3.8) is 0 Å². The van der Waals surface area contributed by atoms with Crippen molar-refractivity contribution < 1.29 is 8.42 Å². The minimum atomic E-state index is -2.88. The average Bonchev–Trinajstić information content (AvgIpc) is 2.41. The normalized spacial score (nSPS) is 22.5. The lowest BCUT2D eigenvalue weighted by atomic mass is 10.0. The molecule has 21 heavy (non-hydrogen) atoms. The second kappa shape index (κ2) is 5.59. The van der Waals surface area contributed by atoms with Crippen molar-refractivity contribution in [2.45, 2.75) is 19.5 Å². The van der Waals surface area contributed by atoms with Gasteiger partial charge in [-0.15, -0.1) is 0 Å². The van der Waals surface area contributed by atoms with E-state index in [1.807, 2.05) is 31.2 Å². The van der Waals surface area contributed by atoms with E-state index in [1.165, 1.54) is 5.39 Å². The van der Waals surface area contributed by atoms with Gasteiger partial charge in [0.1, 0.15) is 0 Å². The van der Waals surface area contributed by atoms with Crippen LogP contribution in [0.25, 0.3) is 10.8 Å². The summed E-state index contributed by atoms with van der Waals surface area (Å²) in [5.41, 5.74) is 1.16. The van der Waals surface area contributed by atoms with Gasteiger partial charge in [-0.2, -0.15) is 0 Å². The molecule has 0 spiro atoms. The fourth-order valence-corrected chi connectivity index (χ4v) is 4.84. The molecule has 1 heterocycles. The van der Waals surface area contributed by atoms with E-state index in [-0.39, 0.29) is 17.5 Å². The van der Waals surface area contributed by atoms with Crippen LogP contribution in [0.15, 0.2) is 36.4 Å². The molecule has 0 aliphatic carbocycles. The van der Waals surface area contributed by atoms with Crippen molar-refractivity contribution in [1.82, 2.24) is 4.90 Å². The first kappa shape index (κ1) is 14.8. The zero-order valence-electron chi connectivity index (χ0n) is 11.9. The molecule has 0 radical (unpaired) electrons. The van der Waals surface area contributed by atoms with Crippen LogP contribution in [0.3, 0.4) is 0 Å². The van der Waals surface area contributed by atoms with E-state index in [0.717, 1.165) is 22.5 Å². The molecule has 112 valence electrons. The Morgan fingerprint density at radius 1 is 1.29 bits per heavy atom. The molecule has 1 aliphatic rings. The molecular weight excluding hydrogens is 306 g/mol. The molecule has 0 amide bonds. The SMILES string of the molecule is CC1CS(=O)(=O)CCN1Cc1cc(Cl)cc2ccccc12. The lowest BCUT2D eigenvalue weighted by molar-refractivity contribution is 0.219. The predicted octanol–water partition coefficient (Wildman–Crippen LogP) is 3.11. The highest BCUT2D eigenvalue weighted by atomic mass is 35.5. The van der Waals surface area contributed by atoms with Crippen LogP contribution in [0.5, 0.6) is 0 Å². The summed E-state index contributed by atoms with van der Waals surface area (Å²) in [7, 11) is -2.88. The molecule has 0 bridgehead atoms. The third kappa shape index (κ3) is 3.23. The van der Waals surface area contributed by atoms with Crippen molar-refractivity contribution in [3.05, 3.63) is 47.0 Å². The third-order valence-corrected chi connectivity index (χ3v) is 6.11. The second-order valence-electron chi connectivity index (χ2n) is 5.72. The highest BCUT2D eigenvalue weighted by Gasteiger charge is 2.28. The fourth-order valence-electron chi connectivity index (χ4n) is 2.97. The van der Waals surface area contributed by atoms with Gasteiger partial charge >= 0.3 is 0 Å². The molecule has 0 aromatic heterocycles. The number of sulfone groups is 1. The largest absolute Gasteiger partial charge is 0.294 e. The quantitative estimate of drug-likeness (QED) is 0.852. The van der Waals surface area contributed by atoms with Crippen LogP contribution in [-0.4, -0.2) is 37.4 Å². The molecule has 1 unspecified atom stereocenters. The van der Waals surface area contributed by atoms with Gasteiger partial charge in [-0.05, 0) is 35.4 Å². The van der Waals surface area contributed by atoms with E-state index in [0.29, 0.717) is 6.54 Å². The fraction of sp³-hybridized carbons (Fsp3) is 0.375. The lowest BCUT2D eigenvalue weighted by Crippen LogP contribution is -2.46. The molecule has 3 nitrogen and oxygen atoms in total. The van der Waals surface area contributed by atoms with Crippen LogP contribution < -0.4 is 0 Å². The van der Waals surface area contributed by atoms with Crippen LogP contribution in [0.4, 0.5) is 0 Å². The van der Waals surface area contributed by atoms with E-state index < -0.39 is 9.84 Å². The Morgan fingerprint density at radius 2 is 2.05 bits per heavy atom. The standard InChI is InChI=1S/C16H18ClNO2S/c1-12-11-21(19,20)7-6-18(12)10-14-9-15(17)8-13-4-2-3-5-16(13)14/h2-5,8-9,12H,6-7,10-11H2,1H3. The zero-order valence-corrected chi connectivity index (χ0v) is 13.5. The van der Waals surface area contributed by atoms with Crippen molar-refractivity contribution in [2.75, 3.05) is 18.1 Å². The minimum Gasteiger partial charge on any atom is -0.294 e. The molecule has 1 atom stereocenters. The number of fused-ring (bicyclic) bond motifs is 1. The van der Waals surface area contributed by atoms with E-state index in [9.17, 15) is 8.42 Å². The van der Waals surface area contributed by atoms with Gasteiger partial charge in [0, 0.05) is 24.2 Å². The number of benzene rings is 2. The molecule has 0 saturated carbocycles. The van der Waals surface area contributed by atoms with Gasteiger partial charge in [-0.1, -0.05) is 35.9 Å². The average molecular weight is 324 g/mol. The third-order valence-electron chi connectivity index (χ3n) is 4.09. The Labute approximate surface area is 130 Å². The number of hydrogen-bond donors (Lipinski definition) is 0. The summed E-state index contributed by atoms with van der Waals surface area (Å²) >= 11 is 6.21. The Morgan fingerprint density at radius 3 is 2.81 bits per heavy atom. The summed E-state index contributed by atoms with van der Waals surface area (Å²) in [6, 6.07) is 12.1. The molecule has 1 aliphatic heterocycles. The van der Waals surface area contributed by atoms with Gasteiger partial charge in [0.25, 0.3) is 0 Å². The predicted molar refractivity (Wildman–Crippen MR) is 87.5 cm³/mol. The molecule has 0 N–H and O–H groups in total. The highest BCUT2D eigenvalue weighted by molar-refractivity contribution is 7.91. The minimum absolute atomic E-state index is 0.0430. The maximum atomic E-state index is 11.7. The van der Waals surface area contributed by atoms with Crippen LogP contribution in [0, 0.1) is 0 Å². The number of nitrogens with zero attached hydrogens (tertiary/aromatic N) is 1.